The predicted octanol–water partition coefficient (Wildman–Crippen LogP) is 2.25. The summed E-state index contributed by atoms with van der Waals surface area (Å²) in [6, 6.07) is 10.4. The Balaban J connectivity index is 2.05. The summed E-state index contributed by atoms with van der Waals surface area (Å²) in [5.41, 5.74) is 1.32. The normalized spacial score (nSPS) is 30.0. The molecule has 1 fully saturated rings. The molecular formula is C14H16O. The Bertz CT molecular complexity index is 349. The van der Waals surface area contributed by atoms with Gasteiger partial charge < -0.3 is 5.11 Å². The first-order valence-electron chi connectivity index (χ1n) is 5.49. The van der Waals surface area contributed by atoms with Gasteiger partial charge in [0.05, 0.1) is 6.10 Å². The van der Waals surface area contributed by atoms with Gasteiger partial charge in [0.2, 0.25) is 0 Å². The Morgan fingerprint density at radius 1 is 1.27 bits per heavy atom. The van der Waals surface area contributed by atoms with Gasteiger partial charge in [0.15, 0.2) is 0 Å². The van der Waals surface area contributed by atoms with E-state index in [0.29, 0.717) is 5.92 Å². The Hall–Kier alpha value is -1.26. The van der Waals surface area contributed by atoms with Gasteiger partial charge in [-0.25, -0.2) is 0 Å². The molecule has 0 heterocycles. The molecule has 0 bridgehead atoms. The van der Waals surface area contributed by atoms with Gasteiger partial charge in [0.25, 0.3) is 0 Å². The summed E-state index contributed by atoms with van der Waals surface area (Å²) < 4.78 is 0. The molecule has 1 nitrogen and oxygen atoms in total. The fourth-order valence-electron chi connectivity index (χ4n) is 2.45. The van der Waals surface area contributed by atoms with Crippen LogP contribution in [0.4, 0.5) is 0 Å². The van der Waals surface area contributed by atoms with E-state index in [1.54, 1.807) is 0 Å². The van der Waals surface area contributed by atoms with Crippen LogP contribution in [0.2, 0.25) is 0 Å². The number of terminal acetylenes is 1. The quantitative estimate of drug-likeness (QED) is 0.726. The van der Waals surface area contributed by atoms with E-state index in [9.17, 15) is 5.11 Å². The molecule has 1 aromatic rings. The van der Waals surface area contributed by atoms with Gasteiger partial charge in [-0.1, -0.05) is 30.3 Å². The fraction of sp³-hybridized carbons (Fsp3) is 0.429. The lowest BCUT2D eigenvalue weighted by molar-refractivity contribution is 0.146. The molecule has 78 valence electrons. The van der Waals surface area contributed by atoms with Crippen molar-refractivity contribution < 1.29 is 5.11 Å². The van der Waals surface area contributed by atoms with Crippen LogP contribution in [0.3, 0.4) is 0 Å². The molecule has 3 unspecified atom stereocenters. The summed E-state index contributed by atoms with van der Waals surface area (Å²) in [5.74, 6) is 3.23. The van der Waals surface area contributed by atoms with Crippen LogP contribution in [0, 0.1) is 24.2 Å². The highest BCUT2D eigenvalue weighted by atomic mass is 16.3. The summed E-state index contributed by atoms with van der Waals surface area (Å²) in [6.07, 6.45) is 8.06. The van der Waals surface area contributed by atoms with E-state index >= 15 is 0 Å². The zero-order valence-electron chi connectivity index (χ0n) is 8.76. The van der Waals surface area contributed by atoms with Crippen molar-refractivity contribution in [2.45, 2.75) is 25.4 Å². The summed E-state index contributed by atoms with van der Waals surface area (Å²) in [7, 11) is 0. The Labute approximate surface area is 91.1 Å². The molecule has 1 heteroatoms. The van der Waals surface area contributed by atoms with Crippen molar-refractivity contribution in [1.29, 1.82) is 0 Å². The molecule has 3 atom stereocenters. The first-order valence-corrected chi connectivity index (χ1v) is 5.49. The highest BCUT2D eigenvalue weighted by Crippen LogP contribution is 2.33. The smallest absolute Gasteiger partial charge is 0.0680 e. The lowest BCUT2D eigenvalue weighted by atomic mass is 9.89. The molecule has 0 saturated heterocycles. The third-order valence-electron chi connectivity index (χ3n) is 3.29. The molecule has 0 radical (unpaired) electrons. The fourth-order valence-corrected chi connectivity index (χ4v) is 2.45. The largest absolute Gasteiger partial charge is 0.392 e. The monoisotopic (exact) mass is 200 g/mol. The molecule has 15 heavy (non-hydrogen) atoms. The van der Waals surface area contributed by atoms with E-state index in [1.165, 1.54) is 5.56 Å². The maximum atomic E-state index is 9.69. The number of aliphatic hydroxyl groups is 1. The summed E-state index contributed by atoms with van der Waals surface area (Å²) in [4.78, 5) is 0. The van der Waals surface area contributed by atoms with E-state index in [0.717, 1.165) is 19.3 Å². The van der Waals surface area contributed by atoms with Crippen molar-refractivity contribution in [3.05, 3.63) is 35.9 Å². The Morgan fingerprint density at radius 3 is 2.67 bits per heavy atom. The minimum Gasteiger partial charge on any atom is -0.392 e. The first kappa shape index (κ1) is 10.3. The number of aliphatic hydroxyl groups excluding tert-OH is 1. The standard InChI is InChI=1S/C14H16O/c1-2-13-12(8-9-14(13)15)10-11-6-4-3-5-7-11/h1,3-7,12-15H,8-10H2. The highest BCUT2D eigenvalue weighted by Gasteiger charge is 2.33. The van der Waals surface area contributed by atoms with Crippen molar-refractivity contribution in [3.8, 4) is 12.3 Å². The molecule has 1 N–H and O–H groups in total. The maximum absolute atomic E-state index is 9.69. The van der Waals surface area contributed by atoms with Crippen LogP contribution >= 0.6 is 0 Å². The molecule has 2 rings (SSSR count). The highest BCUT2D eigenvalue weighted by molar-refractivity contribution is 5.17. The predicted molar refractivity (Wildman–Crippen MR) is 61.2 cm³/mol. The van der Waals surface area contributed by atoms with Crippen LogP contribution in [0.25, 0.3) is 0 Å². The maximum Gasteiger partial charge on any atom is 0.0680 e. The molecule has 0 spiro atoms. The van der Waals surface area contributed by atoms with E-state index in [2.05, 4.69) is 18.1 Å². The van der Waals surface area contributed by atoms with E-state index in [-0.39, 0.29) is 12.0 Å². The zero-order valence-corrected chi connectivity index (χ0v) is 8.76. The second kappa shape index (κ2) is 4.51. The lowest BCUT2D eigenvalue weighted by Crippen LogP contribution is -2.18. The van der Waals surface area contributed by atoms with Gasteiger partial charge in [-0.3, -0.25) is 0 Å². The molecule has 1 aromatic carbocycles. The van der Waals surface area contributed by atoms with Crippen molar-refractivity contribution in [3.63, 3.8) is 0 Å². The number of hydrogen-bond donors (Lipinski definition) is 1. The van der Waals surface area contributed by atoms with Gasteiger partial charge >= 0.3 is 0 Å². The number of rotatable bonds is 2. The van der Waals surface area contributed by atoms with Gasteiger partial charge in [0.1, 0.15) is 0 Å². The van der Waals surface area contributed by atoms with Crippen molar-refractivity contribution in [1.82, 2.24) is 0 Å². The molecule has 1 aliphatic carbocycles. The SMILES string of the molecule is C#CC1C(O)CCC1Cc1ccccc1. The van der Waals surface area contributed by atoms with Gasteiger partial charge in [-0.2, -0.15) is 0 Å². The molecule has 1 saturated carbocycles. The van der Waals surface area contributed by atoms with E-state index in [4.69, 9.17) is 6.42 Å². The van der Waals surface area contributed by atoms with Gasteiger partial charge in [-0.15, -0.1) is 12.3 Å². The van der Waals surface area contributed by atoms with Crippen molar-refractivity contribution in [2.24, 2.45) is 11.8 Å². The van der Waals surface area contributed by atoms with Crippen molar-refractivity contribution >= 4 is 0 Å². The average Bonchev–Trinajstić information content (AvgIpc) is 2.61. The second-order valence-corrected chi connectivity index (χ2v) is 4.29. The third-order valence-corrected chi connectivity index (χ3v) is 3.29. The third kappa shape index (κ3) is 2.22. The number of benzene rings is 1. The minimum absolute atomic E-state index is 0.0465. The summed E-state index contributed by atoms with van der Waals surface area (Å²) in [5, 5.41) is 9.69. The summed E-state index contributed by atoms with van der Waals surface area (Å²) in [6.45, 7) is 0. The molecule has 1 aliphatic rings. The van der Waals surface area contributed by atoms with Crippen LogP contribution in [-0.4, -0.2) is 11.2 Å². The van der Waals surface area contributed by atoms with Crippen LogP contribution in [0.5, 0.6) is 0 Å². The van der Waals surface area contributed by atoms with Crippen LogP contribution in [0.15, 0.2) is 30.3 Å². The second-order valence-electron chi connectivity index (χ2n) is 4.29. The zero-order chi connectivity index (χ0) is 10.7. The van der Waals surface area contributed by atoms with Crippen LogP contribution in [0.1, 0.15) is 18.4 Å². The van der Waals surface area contributed by atoms with E-state index < -0.39 is 0 Å². The first-order chi connectivity index (χ1) is 7.31. The van der Waals surface area contributed by atoms with E-state index in [1.807, 2.05) is 18.2 Å². The Kier molecular flexibility index (Phi) is 3.08. The lowest BCUT2D eigenvalue weighted by Gasteiger charge is -2.16. The minimum atomic E-state index is -0.288. The molecule has 0 aromatic heterocycles. The average molecular weight is 200 g/mol. The molecular weight excluding hydrogens is 184 g/mol. The van der Waals surface area contributed by atoms with Crippen LogP contribution < -0.4 is 0 Å². The Morgan fingerprint density at radius 2 is 2.00 bits per heavy atom. The van der Waals surface area contributed by atoms with Gasteiger partial charge in [-0.05, 0) is 30.7 Å². The van der Waals surface area contributed by atoms with Crippen molar-refractivity contribution in [2.75, 3.05) is 0 Å². The van der Waals surface area contributed by atoms with Crippen LogP contribution in [-0.2, 0) is 6.42 Å². The topological polar surface area (TPSA) is 20.2 Å². The molecule has 0 aliphatic heterocycles. The van der Waals surface area contributed by atoms with Gasteiger partial charge in [0, 0.05) is 5.92 Å². The number of hydrogen-bond acceptors (Lipinski definition) is 1. The summed E-state index contributed by atoms with van der Waals surface area (Å²) >= 11 is 0. The molecule has 0 amide bonds.